The van der Waals surface area contributed by atoms with Gasteiger partial charge < -0.3 is 15.1 Å². The minimum absolute atomic E-state index is 0.111. The highest BCUT2D eigenvalue weighted by atomic mass is 16.2. The van der Waals surface area contributed by atoms with Crippen molar-refractivity contribution in [2.45, 2.75) is 40.0 Å². The first kappa shape index (κ1) is 16.3. The highest BCUT2D eigenvalue weighted by molar-refractivity contribution is 5.82. The number of carbonyl (C=O) groups excluding carboxylic acids is 2. The van der Waals surface area contributed by atoms with Gasteiger partial charge in [0.2, 0.25) is 11.8 Å². The SMILES string of the molecule is CC(=O)N1CCCN(C(=O)C(C)(C)C2CCCNC2)CC1. The van der Waals surface area contributed by atoms with E-state index in [1.165, 1.54) is 0 Å². The number of piperidine rings is 1. The second kappa shape index (κ2) is 6.77. The zero-order valence-corrected chi connectivity index (χ0v) is 13.7. The molecule has 2 fully saturated rings. The second-order valence-corrected chi connectivity index (χ2v) is 6.92. The normalized spacial score (nSPS) is 24.6. The summed E-state index contributed by atoms with van der Waals surface area (Å²) in [7, 11) is 0. The van der Waals surface area contributed by atoms with Crippen molar-refractivity contribution in [2.75, 3.05) is 39.3 Å². The van der Waals surface area contributed by atoms with Gasteiger partial charge in [0.15, 0.2) is 0 Å². The molecule has 5 nitrogen and oxygen atoms in total. The van der Waals surface area contributed by atoms with Crippen LogP contribution in [0.3, 0.4) is 0 Å². The third-order valence-corrected chi connectivity index (χ3v) is 5.10. The average molecular weight is 295 g/mol. The molecule has 0 aromatic heterocycles. The smallest absolute Gasteiger partial charge is 0.228 e. The molecule has 21 heavy (non-hydrogen) atoms. The predicted molar refractivity (Wildman–Crippen MR) is 82.8 cm³/mol. The summed E-state index contributed by atoms with van der Waals surface area (Å²) >= 11 is 0. The van der Waals surface area contributed by atoms with Crippen LogP contribution in [0.5, 0.6) is 0 Å². The molecule has 2 amide bonds. The van der Waals surface area contributed by atoms with Crippen molar-refractivity contribution in [1.82, 2.24) is 15.1 Å². The summed E-state index contributed by atoms with van der Waals surface area (Å²) in [4.78, 5) is 28.2. The number of hydrogen-bond acceptors (Lipinski definition) is 3. The molecule has 0 saturated carbocycles. The number of nitrogens with zero attached hydrogens (tertiary/aromatic N) is 2. The van der Waals surface area contributed by atoms with Crippen molar-refractivity contribution >= 4 is 11.8 Å². The van der Waals surface area contributed by atoms with E-state index in [0.29, 0.717) is 19.0 Å². The summed E-state index contributed by atoms with van der Waals surface area (Å²) in [5, 5.41) is 3.41. The Bertz CT molecular complexity index is 389. The van der Waals surface area contributed by atoms with Crippen LogP contribution in [0.4, 0.5) is 0 Å². The third kappa shape index (κ3) is 3.76. The number of hydrogen-bond donors (Lipinski definition) is 1. The molecule has 2 rings (SSSR count). The first-order chi connectivity index (χ1) is 9.93. The number of rotatable bonds is 2. The monoisotopic (exact) mass is 295 g/mol. The zero-order valence-electron chi connectivity index (χ0n) is 13.7. The van der Waals surface area contributed by atoms with E-state index >= 15 is 0 Å². The quantitative estimate of drug-likeness (QED) is 0.830. The lowest BCUT2D eigenvalue weighted by Gasteiger charge is -2.39. The Hall–Kier alpha value is -1.10. The van der Waals surface area contributed by atoms with Gasteiger partial charge in [-0.15, -0.1) is 0 Å². The molecule has 0 aliphatic carbocycles. The van der Waals surface area contributed by atoms with E-state index in [2.05, 4.69) is 19.2 Å². The fraction of sp³-hybridized carbons (Fsp3) is 0.875. The highest BCUT2D eigenvalue weighted by Crippen LogP contribution is 2.34. The van der Waals surface area contributed by atoms with E-state index in [9.17, 15) is 9.59 Å². The molecule has 1 unspecified atom stereocenters. The van der Waals surface area contributed by atoms with Gasteiger partial charge in [0.1, 0.15) is 0 Å². The summed E-state index contributed by atoms with van der Waals surface area (Å²) in [5.41, 5.74) is -0.321. The molecule has 1 N–H and O–H groups in total. The van der Waals surface area contributed by atoms with Gasteiger partial charge in [-0.05, 0) is 38.3 Å². The summed E-state index contributed by atoms with van der Waals surface area (Å²) in [6.45, 7) is 10.7. The molecule has 2 saturated heterocycles. The molecule has 0 aromatic rings. The molecular weight excluding hydrogens is 266 g/mol. The highest BCUT2D eigenvalue weighted by Gasteiger charge is 2.40. The van der Waals surface area contributed by atoms with Gasteiger partial charge in [-0.3, -0.25) is 9.59 Å². The fourth-order valence-electron chi connectivity index (χ4n) is 3.49. The maximum Gasteiger partial charge on any atom is 0.228 e. The Balaban J connectivity index is 1.99. The van der Waals surface area contributed by atoms with Crippen molar-refractivity contribution in [2.24, 2.45) is 11.3 Å². The molecule has 2 heterocycles. The van der Waals surface area contributed by atoms with E-state index < -0.39 is 0 Å². The molecule has 0 bridgehead atoms. The van der Waals surface area contributed by atoms with Crippen LogP contribution >= 0.6 is 0 Å². The van der Waals surface area contributed by atoms with Crippen LogP contribution in [0.2, 0.25) is 0 Å². The van der Waals surface area contributed by atoms with Crippen molar-refractivity contribution < 1.29 is 9.59 Å². The number of amides is 2. The maximum absolute atomic E-state index is 12.9. The maximum atomic E-state index is 12.9. The van der Waals surface area contributed by atoms with Crippen LogP contribution in [0.25, 0.3) is 0 Å². The summed E-state index contributed by atoms with van der Waals surface area (Å²) in [6.07, 6.45) is 3.16. The summed E-state index contributed by atoms with van der Waals surface area (Å²) in [5.74, 6) is 0.771. The molecule has 1 atom stereocenters. The minimum Gasteiger partial charge on any atom is -0.341 e. The molecule has 2 aliphatic rings. The molecule has 120 valence electrons. The molecule has 0 spiro atoms. The van der Waals surface area contributed by atoms with Gasteiger partial charge >= 0.3 is 0 Å². The predicted octanol–water partition coefficient (Wildman–Crippen LogP) is 1.09. The fourth-order valence-corrected chi connectivity index (χ4v) is 3.49. The Labute approximate surface area is 128 Å². The van der Waals surface area contributed by atoms with Crippen LogP contribution in [0.15, 0.2) is 0 Å². The van der Waals surface area contributed by atoms with Gasteiger partial charge in [0.05, 0.1) is 0 Å². The van der Waals surface area contributed by atoms with Gasteiger partial charge in [-0.25, -0.2) is 0 Å². The Kier molecular flexibility index (Phi) is 5.25. The van der Waals surface area contributed by atoms with Gasteiger partial charge in [0, 0.05) is 38.5 Å². The largest absolute Gasteiger partial charge is 0.341 e. The molecule has 0 radical (unpaired) electrons. The minimum atomic E-state index is -0.321. The lowest BCUT2D eigenvalue weighted by atomic mass is 9.74. The van der Waals surface area contributed by atoms with E-state index in [1.807, 2.05) is 9.80 Å². The zero-order chi connectivity index (χ0) is 15.5. The van der Waals surface area contributed by atoms with Gasteiger partial charge in [-0.1, -0.05) is 13.8 Å². The third-order valence-electron chi connectivity index (χ3n) is 5.10. The second-order valence-electron chi connectivity index (χ2n) is 6.92. The summed E-state index contributed by atoms with van der Waals surface area (Å²) < 4.78 is 0. The lowest BCUT2D eigenvalue weighted by molar-refractivity contribution is -0.144. The molecule has 5 heteroatoms. The average Bonchev–Trinajstić information content (AvgIpc) is 2.73. The van der Waals surface area contributed by atoms with E-state index in [4.69, 9.17) is 0 Å². The van der Waals surface area contributed by atoms with Crippen molar-refractivity contribution in [3.8, 4) is 0 Å². The van der Waals surface area contributed by atoms with Gasteiger partial charge in [0.25, 0.3) is 0 Å². The Morgan fingerprint density at radius 2 is 1.71 bits per heavy atom. The number of carbonyl (C=O) groups is 2. The Morgan fingerprint density at radius 1 is 1.05 bits per heavy atom. The standard InChI is InChI=1S/C16H29N3O2/c1-13(20)18-8-5-9-19(11-10-18)15(21)16(2,3)14-6-4-7-17-12-14/h14,17H,4-12H2,1-3H3. The molecule has 0 aromatic carbocycles. The van der Waals surface area contributed by atoms with Crippen molar-refractivity contribution in [3.63, 3.8) is 0 Å². The number of nitrogens with one attached hydrogen (secondary N) is 1. The lowest BCUT2D eigenvalue weighted by Crippen LogP contribution is -2.49. The molecule has 2 aliphatic heterocycles. The van der Waals surface area contributed by atoms with Crippen molar-refractivity contribution in [3.05, 3.63) is 0 Å². The van der Waals surface area contributed by atoms with Crippen LogP contribution in [0, 0.1) is 11.3 Å². The van der Waals surface area contributed by atoms with Crippen LogP contribution in [0.1, 0.15) is 40.0 Å². The van der Waals surface area contributed by atoms with E-state index in [1.54, 1.807) is 6.92 Å². The first-order valence-electron chi connectivity index (χ1n) is 8.18. The van der Waals surface area contributed by atoms with Crippen LogP contribution < -0.4 is 5.32 Å². The van der Waals surface area contributed by atoms with E-state index in [0.717, 1.165) is 45.4 Å². The topological polar surface area (TPSA) is 52.7 Å². The van der Waals surface area contributed by atoms with Crippen molar-refractivity contribution in [1.29, 1.82) is 0 Å². The Morgan fingerprint density at radius 3 is 2.33 bits per heavy atom. The first-order valence-corrected chi connectivity index (χ1v) is 8.18. The van der Waals surface area contributed by atoms with Crippen LogP contribution in [-0.2, 0) is 9.59 Å². The van der Waals surface area contributed by atoms with E-state index in [-0.39, 0.29) is 17.2 Å². The van der Waals surface area contributed by atoms with Gasteiger partial charge in [-0.2, -0.15) is 0 Å². The summed E-state index contributed by atoms with van der Waals surface area (Å²) in [6, 6.07) is 0. The van der Waals surface area contributed by atoms with Crippen LogP contribution in [-0.4, -0.2) is 60.9 Å². The molecular formula is C16H29N3O2.